The summed E-state index contributed by atoms with van der Waals surface area (Å²) in [6, 6.07) is 7.06. The fraction of sp³-hybridized carbons (Fsp3) is 0.200. The molecule has 16 heavy (non-hydrogen) atoms. The standard InChI is InChI=1S/C10H10ClN3O2/c11-8-2-1-3-9(7(8)6-12)14-4-5-16-10(13)15/h1-3,14H,4-5H2,(H2,13,15). The maximum Gasteiger partial charge on any atom is 0.404 e. The lowest BCUT2D eigenvalue weighted by atomic mass is 10.2. The highest BCUT2D eigenvalue weighted by atomic mass is 35.5. The van der Waals surface area contributed by atoms with Crippen LogP contribution in [0.4, 0.5) is 10.5 Å². The normalized spacial score (nSPS) is 9.25. The lowest BCUT2D eigenvalue weighted by Gasteiger charge is -2.08. The van der Waals surface area contributed by atoms with Gasteiger partial charge in [-0.15, -0.1) is 0 Å². The van der Waals surface area contributed by atoms with E-state index in [1.165, 1.54) is 0 Å². The fourth-order valence-corrected chi connectivity index (χ4v) is 1.34. The minimum absolute atomic E-state index is 0.132. The van der Waals surface area contributed by atoms with Crippen LogP contribution in [-0.2, 0) is 4.74 Å². The van der Waals surface area contributed by atoms with E-state index in [9.17, 15) is 4.79 Å². The lowest BCUT2D eigenvalue weighted by molar-refractivity contribution is 0.161. The third kappa shape index (κ3) is 3.33. The summed E-state index contributed by atoms with van der Waals surface area (Å²) < 4.78 is 4.53. The van der Waals surface area contributed by atoms with Crippen LogP contribution in [0.15, 0.2) is 18.2 Å². The SMILES string of the molecule is N#Cc1c(Cl)cccc1NCCOC(N)=O. The van der Waals surface area contributed by atoms with Gasteiger partial charge >= 0.3 is 6.09 Å². The first-order chi connectivity index (χ1) is 7.65. The molecule has 1 amide bonds. The molecule has 0 saturated heterocycles. The van der Waals surface area contributed by atoms with E-state index < -0.39 is 6.09 Å². The predicted molar refractivity (Wildman–Crippen MR) is 60.2 cm³/mol. The van der Waals surface area contributed by atoms with Crippen LogP contribution in [-0.4, -0.2) is 19.2 Å². The van der Waals surface area contributed by atoms with Gasteiger partial charge in [-0.2, -0.15) is 5.26 Å². The molecule has 0 heterocycles. The van der Waals surface area contributed by atoms with Crippen molar-refractivity contribution in [1.82, 2.24) is 0 Å². The van der Waals surface area contributed by atoms with Crippen molar-refractivity contribution in [2.75, 3.05) is 18.5 Å². The largest absolute Gasteiger partial charge is 0.448 e. The van der Waals surface area contributed by atoms with Crippen molar-refractivity contribution in [2.45, 2.75) is 0 Å². The predicted octanol–water partition coefficient (Wildman–Crippen LogP) is 1.72. The number of nitrogens with zero attached hydrogens (tertiary/aromatic N) is 1. The van der Waals surface area contributed by atoms with Crippen LogP contribution in [0, 0.1) is 11.3 Å². The molecule has 0 saturated carbocycles. The molecule has 1 rings (SSSR count). The van der Waals surface area contributed by atoms with Gasteiger partial charge in [-0.1, -0.05) is 17.7 Å². The number of nitrogens with two attached hydrogens (primary N) is 1. The van der Waals surface area contributed by atoms with Gasteiger partial charge in [0.25, 0.3) is 0 Å². The Morgan fingerprint density at radius 3 is 3.00 bits per heavy atom. The van der Waals surface area contributed by atoms with Gasteiger partial charge in [-0.05, 0) is 12.1 Å². The quantitative estimate of drug-likeness (QED) is 0.783. The molecule has 0 unspecified atom stereocenters. The molecule has 3 N–H and O–H groups in total. The van der Waals surface area contributed by atoms with Crippen molar-refractivity contribution in [3.8, 4) is 6.07 Å². The molecule has 0 aliphatic rings. The number of hydrogen-bond donors (Lipinski definition) is 2. The number of nitrogens with one attached hydrogen (secondary N) is 1. The highest BCUT2D eigenvalue weighted by Crippen LogP contribution is 2.22. The molecule has 0 bridgehead atoms. The molecule has 1 aromatic carbocycles. The lowest BCUT2D eigenvalue weighted by Crippen LogP contribution is -2.18. The number of nitriles is 1. The summed E-state index contributed by atoms with van der Waals surface area (Å²) in [4.78, 5) is 10.3. The zero-order valence-electron chi connectivity index (χ0n) is 8.37. The monoisotopic (exact) mass is 239 g/mol. The highest BCUT2D eigenvalue weighted by molar-refractivity contribution is 6.32. The number of primary amides is 1. The number of benzene rings is 1. The Balaban J connectivity index is 2.58. The third-order valence-electron chi connectivity index (χ3n) is 1.79. The molecule has 0 spiro atoms. The van der Waals surface area contributed by atoms with E-state index >= 15 is 0 Å². The first-order valence-corrected chi connectivity index (χ1v) is 4.87. The number of carbonyl (C=O) groups excluding carboxylic acids is 1. The van der Waals surface area contributed by atoms with E-state index in [0.29, 0.717) is 22.8 Å². The Kier molecular flexibility index (Phi) is 4.42. The average Bonchev–Trinajstić information content (AvgIpc) is 2.24. The van der Waals surface area contributed by atoms with Crippen LogP contribution in [0.25, 0.3) is 0 Å². The second-order valence-electron chi connectivity index (χ2n) is 2.87. The minimum atomic E-state index is -0.826. The molecule has 0 aromatic heterocycles. The molecule has 0 fully saturated rings. The molecule has 0 radical (unpaired) electrons. The van der Waals surface area contributed by atoms with Crippen LogP contribution >= 0.6 is 11.6 Å². The van der Waals surface area contributed by atoms with E-state index in [0.717, 1.165) is 0 Å². The van der Waals surface area contributed by atoms with Crippen molar-refractivity contribution in [2.24, 2.45) is 5.73 Å². The van der Waals surface area contributed by atoms with Gasteiger partial charge in [0, 0.05) is 6.54 Å². The van der Waals surface area contributed by atoms with Gasteiger partial charge in [0.05, 0.1) is 16.3 Å². The molecule has 0 aliphatic carbocycles. The number of amides is 1. The van der Waals surface area contributed by atoms with E-state index in [2.05, 4.69) is 10.1 Å². The van der Waals surface area contributed by atoms with Crippen LogP contribution in [0.1, 0.15) is 5.56 Å². The van der Waals surface area contributed by atoms with Crippen molar-refractivity contribution < 1.29 is 9.53 Å². The van der Waals surface area contributed by atoms with E-state index in [-0.39, 0.29) is 6.61 Å². The Morgan fingerprint density at radius 2 is 2.38 bits per heavy atom. The highest BCUT2D eigenvalue weighted by Gasteiger charge is 2.05. The van der Waals surface area contributed by atoms with E-state index in [4.69, 9.17) is 22.6 Å². The second kappa shape index (κ2) is 5.83. The molecule has 6 heteroatoms. The van der Waals surface area contributed by atoms with Crippen LogP contribution < -0.4 is 11.1 Å². The molecule has 0 aliphatic heterocycles. The summed E-state index contributed by atoms with van der Waals surface area (Å²) in [5.41, 5.74) is 5.75. The maximum absolute atomic E-state index is 10.3. The maximum atomic E-state index is 10.3. The molecule has 84 valence electrons. The van der Waals surface area contributed by atoms with Crippen molar-refractivity contribution in [1.29, 1.82) is 5.26 Å². The zero-order valence-corrected chi connectivity index (χ0v) is 9.12. The van der Waals surface area contributed by atoms with Gasteiger partial charge in [0.2, 0.25) is 0 Å². The van der Waals surface area contributed by atoms with Gasteiger partial charge < -0.3 is 15.8 Å². The van der Waals surface area contributed by atoms with Crippen LogP contribution in [0.2, 0.25) is 5.02 Å². The van der Waals surface area contributed by atoms with Gasteiger partial charge in [0.15, 0.2) is 0 Å². The number of halogens is 1. The average molecular weight is 240 g/mol. The first kappa shape index (κ1) is 12.1. The van der Waals surface area contributed by atoms with Crippen molar-refractivity contribution in [3.05, 3.63) is 28.8 Å². The van der Waals surface area contributed by atoms with Gasteiger partial charge in [0.1, 0.15) is 12.7 Å². The molecule has 1 aromatic rings. The summed E-state index contributed by atoms with van der Waals surface area (Å²) in [7, 11) is 0. The van der Waals surface area contributed by atoms with E-state index in [1.807, 2.05) is 6.07 Å². The van der Waals surface area contributed by atoms with Crippen LogP contribution in [0.5, 0.6) is 0 Å². The summed E-state index contributed by atoms with van der Waals surface area (Å²) >= 11 is 5.82. The Bertz CT molecular complexity index is 429. The Labute approximate surface area is 97.8 Å². The Morgan fingerprint density at radius 1 is 1.62 bits per heavy atom. The van der Waals surface area contributed by atoms with Gasteiger partial charge in [-0.25, -0.2) is 4.79 Å². The molecule has 5 nitrogen and oxygen atoms in total. The number of anilines is 1. The third-order valence-corrected chi connectivity index (χ3v) is 2.10. The van der Waals surface area contributed by atoms with Gasteiger partial charge in [-0.3, -0.25) is 0 Å². The summed E-state index contributed by atoms with van der Waals surface area (Å²) in [5, 5.41) is 12.2. The number of hydrogen-bond acceptors (Lipinski definition) is 4. The second-order valence-corrected chi connectivity index (χ2v) is 3.28. The first-order valence-electron chi connectivity index (χ1n) is 4.50. The number of ether oxygens (including phenoxy) is 1. The summed E-state index contributed by atoms with van der Waals surface area (Å²) in [5.74, 6) is 0. The molecular formula is C10H10ClN3O2. The van der Waals surface area contributed by atoms with E-state index in [1.54, 1.807) is 18.2 Å². The summed E-state index contributed by atoms with van der Waals surface area (Å²) in [6.07, 6.45) is -0.826. The topological polar surface area (TPSA) is 88.1 Å². The number of carbonyl (C=O) groups is 1. The van der Waals surface area contributed by atoms with Crippen LogP contribution in [0.3, 0.4) is 0 Å². The van der Waals surface area contributed by atoms with Crippen molar-refractivity contribution in [3.63, 3.8) is 0 Å². The Hall–Kier alpha value is -1.93. The minimum Gasteiger partial charge on any atom is -0.448 e. The fourth-order valence-electron chi connectivity index (χ4n) is 1.12. The molecular weight excluding hydrogens is 230 g/mol. The smallest absolute Gasteiger partial charge is 0.404 e. The zero-order chi connectivity index (χ0) is 12.0. The summed E-state index contributed by atoms with van der Waals surface area (Å²) in [6.45, 7) is 0.491. The molecule has 0 atom stereocenters. The number of rotatable bonds is 4. The van der Waals surface area contributed by atoms with Crippen molar-refractivity contribution >= 4 is 23.4 Å².